The first kappa shape index (κ1) is 8.32. The van der Waals surface area contributed by atoms with Gasteiger partial charge in [-0.1, -0.05) is 20.8 Å². The molecule has 74 valence electrons. The zero-order valence-electron chi connectivity index (χ0n) is 9.27. The molecule has 0 radical (unpaired) electrons. The Morgan fingerprint density at radius 3 is 2.54 bits per heavy atom. The lowest BCUT2D eigenvalue weighted by Crippen LogP contribution is -2.43. The van der Waals surface area contributed by atoms with Gasteiger partial charge in [0.05, 0.1) is 0 Å². The van der Waals surface area contributed by atoms with Gasteiger partial charge < -0.3 is 0 Å². The molecule has 4 aliphatic carbocycles. The maximum Gasteiger partial charge on any atom is -0.0256 e. The molecule has 0 nitrogen and oxygen atoms in total. The van der Waals surface area contributed by atoms with Crippen molar-refractivity contribution in [3.05, 3.63) is 0 Å². The highest BCUT2D eigenvalue weighted by atomic mass is 14.7. The zero-order valence-corrected chi connectivity index (χ0v) is 9.27. The lowest BCUT2D eigenvalue weighted by molar-refractivity contribution is -0.0204. The maximum absolute atomic E-state index is 2.52. The van der Waals surface area contributed by atoms with Gasteiger partial charge in [0.25, 0.3) is 0 Å². The number of hydrogen-bond donors (Lipinski definition) is 0. The van der Waals surface area contributed by atoms with Crippen LogP contribution in [-0.2, 0) is 0 Å². The molecule has 0 aromatic carbocycles. The number of rotatable bonds is 0. The van der Waals surface area contributed by atoms with E-state index in [-0.39, 0.29) is 0 Å². The summed E-state index contributed by atoms with van der Waals surface area (Å²) in [6, 6.07) is 0. The highest BCUT2D eigenvalue weighted by Crippen LogP contribution is 2.75. The van der Waals surface area contributed by atoms with Gasteiger partial charge in [0, 0.05) is 0 Å². The second kappa shape index (κ2) is 2.15. The van der Waals surface area contributed by atoms with Crippen molar-refractivity contribution < 1.29 is 0 Å². The SMILES string of the molecule is CC1CCC23CC(C)(CC2C1C)C3. The molecule has 0 heteroatoms. The van der Waals surface area contributed by atoms with E-state index in [4.69, 9.17) is 0 Å². The van der Waals surface area contributed by atoms with Crippen molar-refractivity contribution in [3.8, 4) is 0 Å². The van der Waals surface area contributed by atoms with Crippen molar-refractivity contribution in [1.29, 1.82) is 0 Å². The average molecular weight is 178 g/mol. The summed E-state index contributed by atoms with van der Waals surface area (Å²) in [4.78, 5) is 0. The van der Waals surface area contributed by atoms with Gasteiger partial charge in [0.2, 0.25) is 0 Å². The monoisotopic (exact) mass is 178 g/mol. The summed E-state index contributed by atoms with van der Waals surface area (Å²) in [6.07, 6.45) is 7.76. The molecule has 4 rings (SSSR count). The predicted octanol–water partition coefficient (Wildman–Crippen LogP) is 3.86. The van der Waals surface area contributed by atoms with E-state index in [9.17, 15) is 0 Å². The molecule has 13 heavy (non-hydrogen) atoms. The summed E-state index contributed by atoms with van der Waals surface area (Å²) in [6.45, 7) is 7.50. The van der Waals surface area contributed by atoms with Crippen LogP contribution in [0.4, 0.5) is 0 Å². The van der Waals surface area contributed by atoms with Crippen LogP contribution in [0.2, 0.25) is 0 Å². The van der Waals surface area contributed by atoms with E-state index >= 15 is 0 Å². The molecule has 0 aliphatic heterocycles. The molecule has 0 heterocycles. The Labute approximate surface area is 82.1 Å². The predicted molar refractivity (Wildman–Crippen MR) is 55.4 cm³/mol. The number of hydrogen-bond acceptors (Lipinski definition) is 0. The van der Waals surface area contributed by atoms with Crippen LogP contribution < -0.4 is 0 Å². The average Bonchev–Trinajstić information content (AvgIpc) is 2.46. The van der Waals surface area contributed by atoms with Gasteiger partial charge in [-0.3, -0.25) is 0 Å². The third-order valence-electron chi connectivity index (χ3n) is 5.69. The third-order valence-corrected chi connectivity index (χ3v) is 5.69. The Morgan fingerprint density at radius 2 is 1.85 bits per heavy atom. The first-order valence-corrected chi connectivity index (χ1v) is 6.05. The van der Waals surface area contributed by atoms with E-state index < -0.39 is 0 Å². The van der Waals surface area contributed by atoms with Gasteiger partial charge in [-0.25, -0.2) is 0 Å². The van der Waals surface area contributed by atoms with Crippen molar-refractivity contribution in [3.63, 3.8) is 0 Å². The minimum atomic E-state index is 0.781. The summed E-state index contributed by atoms with van der Waals surface area (Å²) in [5.74, 6) is 3.11. The standard InChI is InChI=1S/C13H22/c1-9-4-5-13-7-12(3,8-13)6-11(13)10(9)2/h9-11H,4-8H2,1-3H3. The van der Waals surface area contributed by atoms with Crippen LogP contribution in [0.25, 0.3) is 0 Å². The van der Waals surface area contributed by atoms with Gasteiger partial charge in [-0.2, -0.15) is 0 Å². The van der Waals surface area contributed by atoms with E-state index in [0.717, 1.165) is 28.6 Å². The Morgan fingerprint density at radius 1 is 1.15 bits per heavy atom. The molecule has 0 aromatic rings. The van der Waals surface area contributed by atoms with Crippen LogP contribution >= 0.6 is 0 Å². The second-order valence-electron chi connectivity index (χ2n) is 6.71. The molecule has 4 aliphatic rings. The fraction of sp³-hybridized carbons (Fsp3) is 1.00. The largest absolute Gasteiger partial charge is 0.0622 e. The van der Waals surface area contributed by atoms with E-state index in [0.29, 0.717) is 0 Å². The second-order valence-corrected chi connectivity index (χ2v) is 6.71. The van der Waals surface area contributed by atoms with Gasteiger partial charge in [0.15, 0.2) is 0 Å². The molecular formula is C13H22. The lowest BCUT2D eigenvalue weighted by Gasteiger charge is -2.52. The Bertz CT molecular complexity index is 234. The Balaban J connectivity index is 1.90. The normalized spacial score (nSPS) is 64.4. The van der Waals surface area contributed by atoms with Crippen LogP contribution in [0.15, 0.2) is 0 Å². The molecule has 0 N–H and O–H groups in total. The summed E-state index contributed by atoms with van der Waals surface area (Å²) in [5.41, 5.74) is 1.63. The highest BCUT2D eigenvalue weighted by Gasteiger charge is 2.65. The van der Waals surface area contributed by atoms with Crippen molar-refractivity contribution in [2.24, 2.45) is 28.6 Å². The van der Waals surface area contributed by atoms with Crippen LogP contribution in [0.5, 0.6) is 0 Å². The summed E-state index contributed by atoms with van der Waals surface area (Å²) >= 11 is 0. The van der Waals surface area contributed by atoms with E-state index in [1.165, 1.54) is 6.42 Å². The van der Waals surface area contributed by atoms with Crippen molar-refractivity contribution >= 4 is 0 Å². The van der Waals surface area contributed by atoms with Gasteiger partial charge >= 0.3 is 0 Å². The third kappa shape index (κ3) is 0.877. The molecule has 0 amide bonds. The first-order chi connectivity index (χ1) is 6.05. The maximum atomic E-state index is 2.52. The smallest absolute Gasteiger partial charge is 0.0256 e. The summed E-state index contributed by atoms with van der Waals surface area (Å²) < 4.78 is 0. The highest BCUT2D eigenvalue weighted by molar-refractivity contribution is 5.15. The quantitative estimate of drug-likeness (QED) is 0.528. The fourth-order valence-electron chi connectivity index (χ4n) is 5.08. The molecule has 3 unspecified atom stereocenters. The molecule has 0 aromatic heterocycles. The van der Waals surface area contributed by atoms with E-state index in [1.807, 2.05) is 0 Å². The summed E-state index contributed by atoms with van der Waals surface area (Å²) in [5, 5.41) is 0. The molecule has 1 spiro atoms. The summed E-state index contributed by atoms with van der Waals surface area (Å²) in [7, 11) is 0. The van der Waals surface area contributed by atoms with Crippen molar-refractivity contribution in [2.75, 3.05) is 0 Å². The van der Waals surface area contributed by atoms with Crippen molar-refractivity contribution in [1.82, 2.24) is 0 Å². The molecule has 3 atom stereocenters. The van der Waals surface area contributed by atoms with Gasteiger partial charge in [-0.05, 0) is 60.7 Å². The Kier molecular flexibility index (Phi) is 1.37. The van der Waals surface area contributed by atoms with E-state index in [1.54, 1.807) is 25.7 Å². The molecule has 0 saturated heterocycles. The van der Waals surface area contributed by atoms with Gasteiger partial charge in [0.1, 0.15) is 0 Å². The molecule has 2 bridgehead atoms. The first-order valence-electron chi connectivity index (χ1n) is 6.05. The van der Waals surface area contributed by atoms with Gasteiger partial charge in [-0.15, -0.1) is 0 Å². The van der Waals surface area contributed by atoms with Crippen LogP contribution in [0.1, 0.15) is 52.9 Å². The molecular weight excluding hydrogens is 156 g/mol. The van der Waals surface area contributed by atoms with Crippen LogP contribution in [-0.4, -0.2) is 0 Å². The molecule has 4 saturated carbocycles. The lowest BCUT2D eigenvalue weighted by atomic mass is 9.53. The van der Waals surface area contributed by atoms with E-state index in [2.05, 4.69) is 20.8 Å². The van der Waals surface area contributed by atoms with Crippen molar-refractivity contribution in [2.45, 2.75) is 52.9 Å². The fourth-order valence-corrected chi connectivity index (χ4v) is 5.08. The minimum absolute atomic E-state index is 0.781. The minimum Gasteiger partial charge on any atom is -0.0622 e. The molecule has 4 fully saturated rings. The van der Waals surface area contributed by atoms with Crippen LogP contribution in [0, 0.1) is 28.6 Å². The van der Waals surface area contributed by atoms with Crippen LogP contribution in [0.3, 0.4) is 0 Å². The zero-order chi connectivity index (χ0) is 9.27. The Hall–Kier alpha value is 0. The topological polar surface area (TPSA) is 0 Å².